The first kappa shape index (κ1) is 29.6. The highest BCUT2D eigenvalue weighted by molar-refractivity contribution is 5.98. The molecule has 0 amide bonds. The molecule has 2 heterocycles. The van der Waals surface area contributed by atoms with Crippen molar-refractivity contribution in [2.75, 3.05) is 0 Å². The van der Waals surface area contributed by atoms with Crippen LogP contribution in [-0.4, -0.2) is 19.6 Å². The second kappa shape index (κ2) is 17.6. The molecule has 0 saturated heterocycles. The predicted molar refractivity (Wildman–Crippen MR) is 283 cm³/mol. The zero-order chi connectivity index (χ0) is 60.8. The van der Waals surface area contributed by atoms with E-state index in [1.807, 2.05) is 122 Å². The van der Waals surface area contributed by atoms with Crippen molar-refractivity contribution in [3.63, 3.8) is 0 Å². The van der Waals surface area contributed by atoms with Gasteiger partial charge in [-0.25, -0.2) is 4.98 Å². The maximum atomic E-state index is 12.4. The Kier molecular flexibility index (Phi) is 7.79. The summed E-state index contributed by atoms with van der Waals surface area (Å²) in [7, 11) is 0. The lowest BCUT2D eigenvalue weighted by Gasteiger charge is -2.21. The highest BCUT2D eigenvalue weighted by atomic mass is 16.3. The normalized spacial score (nSPS) is 16.4. The number of aromatic hydroxyl groups is 1. The van der Waals surface area contributed by atoms with Gasteiger partial charge in [0.15, 0.2) is 0 Å². The lowest BCUT2D eigenvalue weighted by molar-refractivity contribution is 0.466. The highest BCUT2D eigenvalue weighted by Gasteiger charge is 2.26. The fourth-order valence-corrected chi connectivity index (χ4v) is 8.61. The van der Waals surface area contributed by atoms with Crippen LogP contribution in [0.4, 0.5) is 0 Å². The summed E-state index contributed by atoms with van der Waals surface area (Å²) in [5.41, 5.74) is 4.84. The highest BCUT2D eigenvalue weighted by Crippen LogP contribution is 2.45. The van der Waals surface area contributed by atoms with Crippen molar-refractivity contribution < 1.29 is 27.0 Å². The monoisotopic (exact) mass is 894 g/mol. The molecule has 4 nitrogen and oxygen atoms in total. The number of rotatable bonds is 9. The summed E-state index contributed by atoms with van der Waals surface area (Å²) < 4.78 is 139. The first-order chi connectivity index (χ1) is 38.6. The minimum atomic E-state index is -3.84. The molecule has 9 aromatic rings. The summed E-state index contributed by atoms with van der Waals surface area (Å²) in [6.07, 6.45) is 1.40. The van der Waals surface area contributed by atoms with E-state index >= 15 is 0 Å². The quantitative estimate of drug-likeness (QED) is 0.157. The van der Waals surface area contributed by atoms with E-state index < -0.39 is 62.6 Å². The van der Waals surface area contributed by atoms with Crippen molar-refractivity contribution in [2.45, 2.75) is 98.5 Å². The minimum Gasteiger partial charge on any atom is -0.507 e. The van der Waals surface area contributed by atoms with Crippen LogP contribution in [-0.2, 0) is 10.8 Å². The molecule has 2 aromatic heterocycles. The third kappa shape index (κ3) is 8.98. The maximum Gasteiger partial charge on any atom is 0.149 e. The van der Waals surface area contributed by atoms with Crippen molar-refractivity contribution in [3.05, 3.63) is 192 Å². The van der Waals surface area contributed by atoms with Crippen LogP contribution in [0.25, 0.3) is 83.9 Å². The van der Waals surface area contributed by atoms with E-state index in [0.29, 0.717) is 56.1 Å². The van der Waals surface area contributed by atoms with E-state index in [1.54, 1.807) is 18.2 Å². The molecule has 9 rings (SSSR count). The Balaban J connectivity index is 1.32. The third-order valence-corrected chi connectivity index (χ3v) is 12.4. The molecule has 0 fully saturated rings. The predicted octanol–water partition coefficient (Wildman–Crippen LogP) is 17.3. The number of fused-ring (bicyclic) bond motifs is 1. The van der Waals surface area contributed by atoms with Crippen LogP contribution in [0.3, 0.4) is 0 Å². The molecule has 0 aliphatic carbocycles. The number of aryl methyl sites for hydroxylation is 1. The first-order valence-corrected chi connectivity index (χ1v) is 22.5. The first-order valence-electron chi connectivity index (χ1n) is 30.5. The number of aromatic nitrogens is 3. The Labute approximate surface area is 420 Å². The Hall–Kier alpha value is -7.04. The Morgan fingerprint density at radius 3 is 1.99 bits per heavy atom. The number of para-hydroxylation sites is 1. The number of phenolic OH excluding ortho intramolecular Hbond substituents is 1. The number of pyridine rings is 1. The molecule has 1 N–H and O–H groups in total. The van der Waals surface area contributed by atoms with E-state index in [0.717, 1.165) is 33.4 Å². The van der Waals surface area contributed by atoms with Gasteiger partial charge in [0.2, 0.25) is 0 Å². The lowest BCUT2D eigenvalue weighted by Crippen LogP contribution is -2.10. The molecule has 0 bridgehead atoms. The molecule has 0 saturated carbocycles. The molecule has 0 radical (unpaired) electrons. The zero-order valence-corrected chi connectivity index (χ0v) is 38.7. The second-order valence-electron chi connectivity index (χ2n) is 18.9. The molecule has 336 valence electrons. The molecule has 0 spiro atoms. The van der Waals surface area contributed by atoms with Crippen LogP contribution in [0, 0.1) is 6.85 Å². The van der Waals surface area contributed by atoms with Gasteiger partial charge in [-0.2, -0.15) is 0 Å². The van der Waals surface area contributed by atoms with Crippen LogP contribution in [0.1, 0.15) is 131 Å². The van der Waals surface area contributed by atoms with Gasteiger partial charge in [-0.3, -0.25) is 9.55 Å². The standard InChI is InChI=1S/C63H63N3O/c1-39(2)46-36-53(40(3)4)60(67)55(37-46)61-65-59-52(18-15-19-58(59)66(61)57-29-20-41(5)32-54(57)44-23-27-51(28-24-44)63(9,10)11)48-33-47(42-16-13-12-14-17-42)34-49(35-48)56-38-45(30-31-64-56)43-21-25-50(26-22-43)62(6,7)8/h12-40,67H,1-11H3/i5D3,6D3,7D3,8D3,21D,22D,25D,26D. The summed E-state index contributed by atoms with van der Waals surface area (Å²) in [5.74, 6) is 0.444. The molecular weight excluding hydrogens is 815 g/mol. The summed E-state index contributed by atoms with van der Waals surface area (Å²) in [5, 5.41) is 12.4. The van der Waals surface area contributed by atoms with Gasteiger partial charge in [-0.1, -0.05) is 178 Å². The van der Waals surface area contributed by atoms with Gasteiger partial charge in [0.25, 0.3) is 0 Å². The number of hydrogen-bond acceptors (Lipinski definition) is 3. The zero-order valence-electron chi connectivity index (χ0n) is 54.7. The fraction of sp³-hybridized carbons (Fsp3) is 0.238. The average molecular weight is 894 g/mol. The number of hydrogen-bond donors (Lipinski definition) is 1. The summed E-state index contributed by atoms with van der Waals surface area (Å²) in [6, 6.07) is 37.3. The molecule has 0 aliphatic rings. The van der Waals surface area contributed by atoms with Crippen molar-refractivity contribution in [2.24, 2.45) is 0 Å². The SMILES string of the molecule is [2H]c1c([2H])c(C(C([2H])([2H])[2H])(C([2H])([2H])[2H])C([2H])([2H])[2H])c([2H])c([2H])c1-c1ccnc(-c2cc(-c3ccccc3)cc(-c3cccc4c3nc(-c3cc(C(C)C)cc(C(C)C)c3O)n4-c3ccc(C([2H])([2H])[2H])cc3-c3ccc(C(C)(C)C)cc3)c2)c1. The molecular formula is C63H63N3O. The van der Waals surface area contributed by atoms with E-state index in [-0.39, 0.29) is 39.7 Å². The van der Waals surface area contributed by atoms with Crippen molar-refractivity contribution in [1.29, 1.82) is 0 Å². The molecule has 7 aromatic carbocycles. The Bertz CT molecular complexity index is 3890. The Morgan fingerprint density at radius 2 is 1.30 bits per heavy atom. The minimum absolute atomic E-state index is 0.0551. The summed E-state index contributed by atoms with van der Waals surface area (Å²) in [6.45, 7) is 0.626. The topological polar surface area (TPSA) is 50.9 Å². The second-order valence-corrected chi connectivity index (χ2v) is 18.9. The van der Waals surface area contributed by atoms with Crippen molar-refractivity contribution >= 4 is 11.0 Å². The third-order valence-electron chi connectivity index (χ3n) is 12.4. The fourth-order valence-electron chi connectivity index (χ4n) is 8.61. The van der Waals surface area contributed by atoms with Gasteiger partial charge in [0.05, 0.1) is 33.5 Å². The molecule has 0 unspecified atom stereocenters. The van der Waals surface area contributed by atoms with Crippen LogP contribution < -0.4 is 0 Å². The summed E-state index contributed by atoms with van der Waals surface area (Å²) in [4.78, 5) is 10.2. The van der Waals surface area contributed by atoms with Crippen LogP contribution in [0.5, 0.6) is 5.75 Å². The maximum absolute atomic E-state index is 12.4. The van der Waals surface area contributed by atoms with Gasteiger partial charge >= 0.3 is 0 Å². The number of imidazole rings is 1. The van der Waals surface area contributed by atoms with E-state index in [9.17, 15) is 7.85 Å². The van der Waals surface area contributed by atoms with E-state index in [1.165, 1.54) is 18.3 Å². The number of nitrogens with zero attached hydrogens (tertiary/aromatic N) is 3. The lowest BCUT2D eigenvalue weighted by atomic mass is 9.86. The number of benzene rings is 7. The van der Waals surface area contributed by atoms with Gasteiger partial charge < -0.3 is 5.11 Å². The number of phenols is 1. The Morgan fingerprint density at radius 1 is 0.567 bits per heavy atom. The van der Waals surface area contributed by atoms with Gasteiger partial charge in [0.1, 0.15) is 11.6 Å². The molecule has 0 aliphatic heterocycles. The molecule has 0 atom stereocenters. The van der Waals surface area contributed by atoms with Gasteiger partial charge in [0, 0.05) is 39.3 Å². The average Bonchev–Trinajstić information content (AvgIpc) is 1.98. The molecule has 4 heteroatoms. The van der Waals surface area contributed by atoms with Crippen LogP contribution in [0.15, 0.2) is 164 Å². The van der Waals surface area contributed by atoms with E-state index in [4.69, 9.17) is 29.2 Å². The largest absolute Gasteiger partial charge is 0.507 e. The van der Waals surface area contributed by atoms with Gasteiger partial charge in [-0.15, -0.1) is 0 Å². The van der Waals surface area contributed by atoms with Gasteiger partial charge in [-0.05, 0) is 140 Å². The summed E-state index contributed by atoms with van der Waals surface area (Å²) >= 11 is 0. The van der Waals surface area contributed by atoms with Crippen molar-refractivity contribution in [1.82, 2.24) is 14.5 Å². The van der Waals surface area contributed by atoms with Crippen LogP contribution >= 0.6 is 0 Å². The molecule has 67 heavy (non-hydrogen) atoms. The van der Waals surface area contributed by atoms with Crippen molar-refractivity contribution in [3.8, 4) is 78.6 Å². The smallest absolute Gasteiger partial charge is 0.149 e. The van der Waals surface area contributed by atoms with Crippen LogP contribution in [0.2, 0.25) is 0 Å². The van der Waals surface area contributed by atoms with E-state index in [2.05, 4.69) is 34.6 Å².